The summed E-state index contributed by atoms with van der Waals surface area (Å²) in [5.41, 5.74) is 0. The molecule has 0 saturated heterocycles. The number of H-pyrrole nitrogens is 2. The second-order valence-electron chi connectivity index (χ2n) is 2.54. The van der Waals surface area contributed by atoms with Crippen LogP contribution >= 0.6 is 0 Å². The Hall–Kier alpha value is -2.12. The third-order valence-corrected chi connectivity index (χ3v) is 1.55. The topological polar surface area (TPSA) is 109 Å². The molecule has 0 aliphatic rings. The van der Waals surface area contributed by atoms with Gasteiger partial charge in [0, 0.05) is 12.8 Å². The van der Waals surface area contributed by atoms with Crippen LogP contribution in [0.4, 0.5) is 0 Å². The molecule has 0 aliphatic carbocycles. The van der Waals surface area contributed by atoms with Crippen molar-refractivity contribution >= 4 is 0 Å². The standard InChI is InChI=1S/C6H8N8/c1(3-5-7-11-12-8-5)2-4-6-9-13-14-10-6/h1-2H,3-4H2,(H,7,8,11,12)(H,9,10,13,14)/b2-1+. The van der Waals surface area contributed by atoms with E-state index in [2.05, 4.69) is 41.2 Å². The van der Waals surface area contributed by atoms with Gasteiger partial charge in [-0.15, -0.1) is 20.4 Å². The minimum absolute atomic E-state index is 0.647. The van der Waals surface area contributed by atoms with Crippen LogP contribution < -0.4 is 0 Å². The molecule has 72 valence electrons. The molecule has 14 heavy (non-hydrogen) atoms. The summed E-state index contributed by atoms with van der Waals surface area (Å²) in [6.07, 6.45) is 5.16. The maximum atomic E-state index is 3.80. The summed E-state index contributed by atoms with van der Waals surface area (Å²) in [7, 11) is 0. The third-order valence-electron chi connectivity index (χ3n) is 1.55. The smallest absolute Gasteiger partial charge is 0.177 e. The highest BCUT2D eigenvalue weighted by molar-refractivity contribution is 4.96. The Morgan fingerprint density at radius 3 is 1.71 bits per heavy atom. The maximum absolute atomic E-state index is 3.80. The first kappa shape index (κ1) is 8.48. The van der Waals surface area contributed by atoms with Gasteiger partial charge in [-0.1, -0.05) is 22.6 Å². The van der Waals surface area contributed by atoms with E-state index in [4.69, 9.17) is 0 Å². The minimum atomic E-state index is 0.647. The molecule has 0 fully saturated rings. The Morgan fingerprint density at radius 1 is 0.857 bits per heavy atom. The molecule has 0 spiro atoms. The van der Waals surface area contributed by atoms with E-state index in [1.807, 2.05) is 12.2 Å². The van der Waals surface area contributed by atoms with Crippen molar-refractivity contribution in [1.29, 1.82) is 0 Å². The van der Waals surface area contributed by atoms with E-state index in [-0.39, 0.29) is 0 Å². The lowest BCUT2D eigenvalue weighted by Gasteiger charge is -1.84. The third kappa shape index (κ3) is 2.19. The molecule has 2 N–H and O–H groups in total. The van der Waals surface area contributed by atoms with Gasteiger partial charge in [-0.25, -0.2) is 0 Å². The van der Waals surface area contributed by atoms with Crippen molar-refractivity contribution < 1.29 is 0 Å². The second kappa shape index (κ2) is 4.21. The van der Waals surface area contributed by atoms with Crippen molar-refractivity contribution in [3.8, 4) is 0 Å². The van der Waals surface area contributed by atoms with Crippen LogP contribution in [0.3, 0.4) is 0 Å². The first-order valence-corrected chi connectivity index (χ1v) is 4.05. The molecule has 2 rings (SSSR count). The van der Waals surface area contributed by atoms with Gasteiger partial charge >= 0.3 is 0 Å². The van der Waals surface area contributed by atoms with E-state index in [1.165, 1.54) is 0 Å². The van der Waals surface area contributed by atoms with Crippen molar-refractivity contribution in [3.05, 3.63) is 23.8 Å². The molecule has 0 unspecified atom stereocenters. The van der Waals surface area contributed by atoms with E-state index >= 15 is 0 Å². The highest BCUT2D eigenvalue weighted by Gasteiger charge is 1.94. The SMILES string of the molecule is C(=C\Cc1nn[nH]n1)/Cc1nn[nH]n1. The molecule has 2 heterocycles. The van der Waals surface area contributed by atoms with Crippen LogP contribution in [0.2, 0.25) is 0 Å². The fraction of sp³-hybridized carbons (Fsp3) is 0.333. The zero-order chi connectivity index (χ0) is 9.64. The van der Waals surface area contributed by atoms with Crippen LogP contribution in [-0.2, 0) is 12.8 Å². The lowest BCUT2D eigenvalue weighted by Crippen LogP contribution is -1.87. The first-order valence-electron chi connectivity index (χ1n) is 4.05. The average Bonchev–Trinajstić information content (AvgIpc) is 2.86. The van der Waals surface area contributed by atoms with Crippen molar-refractivity contribution in [1.82, 2.24) is 41.2 Å². The van der Waals surface area contributed by atoms with E-state index < -0.39 is 0 Å². The summed E-state index contributed by atoms with van der Waals surface area (Å²) in [4.78, 5) is 0. The Morgan fingerprint density at radius 2 is 1.36 bits per heavy atom. The fourth-order valence-electron chi connectivity index (χ4n) is 0.915. The lowest BCUT2D eigenvalue weighted by molar-refractivity contribution is 0.881. The molecule has 8 heteroatoms. The van der Waals surface area contributed by atoms with Crippen LogP contribution in [0.5, 0.6) is 0 Å². The number of allylic oxidation sites excluding steroid dienone is 2. The van der Waals surface area contributed by atoms with Gasteiger partial charge in [-0.05, 0) is 0 Å². The van der Waals surface area contributed by atoms with E-state index in [1.54, 1.807) is 0 Å². The zero-order valence-corrected chi connectivity index (χ0v) is 7.25. The lowest BCUT2D eigenvalue weighted by atomic mass is 10.3. The molecular weight excluding hydrogens is 184 g/mol. The van der Waals surface area contributed by atoms with Gasteiger partial charge in [0.1, 0.15) is 0 Å². The van der Waals surface area contributed by atoms with Gasteiger partial charge < -0.3 is 0 Å². The zero-order valence-electron chi connectivity index (χ0n) is 7.25. The summed E-state index contributed by atoms with van der Waals surface area (Å²) in [5.74, 6) is 1.32. The minimum Gasteiger partial charge on any atom is -0.177 e. The van der Waals surface area contributed by atoms with Crippen LogP contribution in [0, 0.1) is 0 Å². The highest BCUT2D eigenvalue weighted by atomic mass is 15.5. The molecule has 0 aromatic carbocycles. The number of rotatable bonds is 4. The predicted molar refractivity (Wildman–Crippen MR) is 44.9 cm³/mol. The fourth-order valence-corrected chi connectivity index (χ4v) is 0.915. The molecule has 0 saturated carbocycles. The number of nitrogens with zero attached hydrogens (tertiary/aromatic N) is 6. The maximum Gasteiger partial charge on any atom is 0.178 e. The Balaban J connectivity index is 1.79. The summed E-state index contributed by atoms with van der Waals surface area (Å²) in [6.45, 7) is 0. The number of hydrogen-bond donors (Lipinski definition) is 2. The molecule has 2 aromatic rings. The number of aromatic nitrogens is 8. The van der Waals surface area contributed by atoms with Gasteiger partial charge in [0.05, 0.1) is 0 Å². The Labute approximate surface area is 78.8 Å². The second-order valence-corrected chi connectivity index (χ2v) is 2.54. The normalized spacial score (nSPS) is 11.1. The summed E-state index contributed by atoms with van der Waals surface area (Å²) in [6, 6.07) is 0. The molecule has 8 nitrogen and oxygen atoms in total. The van der Waals surface area contributed by atoms with Gasteiger partial charge in [-0.2, -0.15) is 10.4 Å². The van der Waals surface area contributed by atoms with Gasteiger partial charge in [0.2, 0.25) is 0 Å². The molecular formula is C6H8N8. The molecule has 0 bridgehead atoms. The number of tetrazole rings is 2. The first-order chi connectivity index (χ1) is 6.95. The number of hydrogen-bond acceptors (Lipinski definition) is 6. The molecule has 0 aliphatic heterocycles. The van der Waals surface area contributed by atoms with Crippen molar-refractivity contribution in [3.63, 3.8) is 0 Å². The van der Waals surface area contributed by atoms with Gasteiger partial charge in [0.25, 0.3) is 0 Å². The van der Waals surface area contributed by atoms with Crippen LogP contribution in [0.25, 0.3) is 0 Å². The Bertz CT molecular complexity index is 336. The Kier molecular flexibility index (Phi) is 2.55. The number of aromatic amines is 2. The molecule has 0 amide bonds. The van der Waals surface area contributed by atoms with Gasteiger partial charge in [-0.3, -0.25) is 0 Å². The van der Waals surface area contributed by atoms with Gasteiger partial charge in [0.15, 0.2) is 11.6 Å². The van der Waals surface area contributed by atoms with E-state index in [0.29, 0.717) is 24.5 Å². The quantitative estimate of drug-likeness (QED) is 0.605. The molecule has 2 aromatic heterocycles. The molecule has 0 radical (unpaired) electrons. The van der Waals surface area contributed by atoms with Crippen LogP contribution in [0.1, 0.15) is 11.6 Å². The average molecular weight is 192 g/mol. The van der Waals surface area contributed by atoms with E-state index in [0.717, 1.165) is 0 Å². The summed E-state index contributed by atoms with van der Waals surface area (Å²) < 4.78 is 0. The predicted octanol–water partition coefficient (Wildman–Crippen LogP) is -0.946. The highest BCUT2D eigenvalue weighted by Crippen LogP contribution is 1.91. The van der Waals surface area contributed by atoms with Crippen molar-refractivity contribution in [2.75, 3.05) is 0 Å². The molecule has 0 atom stereocenters. The van der Waals surface area contributed by atoms with Crippen molar-refractivity contribution in [2.45, 2.75) is 12.8 Å². The largest absolute Gasteiger partial charge is 0.178 e. The van der Waals surface area contributed by atoms with Crippen molar-refractivity contribution in [2.24, 2.45) is 0 Å². The summed E-state index contributed by atoms with van der Waals surface area (Å²) >= 11 is 0. The summed E-state index contributed by atoms with van der Waals surface area (Å²) in [5, 5.41) is 26.9. The van der Waals surface area contributed by atoms with E-state index in [9.17, 15) is 0 Å². The number of nitrogens with one attached hydrogen (secondary N) is 2. The van der Waals surface area contributed by atoms with Crippen LogP contribution in [0.15, 0.2) is 12.2 Å². The van der Waals surface area contributed by atoms with Crippen LogP contribution in [-0.4, -0.2) is 41.2 Å². The monoisotopic (exact) mass is 192 g/mol.